The highest BCUT2D eigenvalue weighted by Crippen LogP contribution is 2.30. The maximum Gasteiger partial charge on any atom is 0.328 e. The number of benzene rings is 3. The quantitative estimate of drug-likeness (QED) is 0.299. The van der Waals surface area contributed by atoms with Crippen molar-refractivity contribution in [1.82, 2.24) is 15.6 Å². The Balaban J connectivity index is 1.25. The first-order valence-corrected chi connectivity index (χ1v) is 12.1. The molecule has 2 heterocycles. The summed E-state index contributed by atoms with van der Waals surface area (Å²) in [6.45, 7) is 0.0521. The van der Waals surface area contributed by atoms with Gasteiger partial charge >= 0.3 is 6.03 Å². The fourth-order valence-corrected chi connectivity index (χ4v) is 3.99. The summed E-state index contributed by atoms with van der Waals surface area (Å²) in [5.74, 6) is -0.0364. The van der Waals surface area contributed by atoms with Gasteiger partial charge in [0.25, 0.3) is 17.4 Å². The van der Waals surface area contributed by atoms with Gasteiger partial charge in [0, 0.05) is 24.7 Å². The molecular weight excluding hydrogens is 516 g/mol. The van der Waals surface area contributed by atoms with Crippen LogP contribution in [0.3, 0.4) is 0 Å². The molecule has 1 aliphatic heterocycles. The number of barbiturate groups is 1. The van der Waals surface area contributed by atoms with Crippen LogP contribution in [0, 0.1) is 11.3 Å². The average molecular weight is 539 g/mol. The number of oxazole rings is 1. The van der Waals surface area contributed by atoms with E-state index >= 15 is 0 Å². The van der Waals surface area contributed by atoms with E-state index in [1.165, 1.54) is 7.11 Å². The second-order valence-corrected chi connectivity index (χ2v) is 8.73. The highest BCUT2D eigenvalue weighted by Gasteiger charge is 2.52. The number of nitrogens with zero attached hydrogens (tertiary/aromatic N) is 2. The fourth-order valence-electron chi connectivity index (χ4n) is 3.99. The summed E-state index contributed by atoms with van der Waals surface area (Å²) in [5, 5.41) is 13.1. The predicted molar refractivity (Wildman–Crippen MR) is 140 cm³/mol. The molecule has 0 spiro atoms. The number of ether oxygens (including phenoxy) is 3. The largest absolute Gasteiger partial charge is 0.467 e. The average Bonchev–Trinajstić information content (AvgIpc) is 3.46. The molecule has 200 valence electrons. The first-order chi connectivity index (χ1) is 19.4. The Morgan fingerprint density at radius 1 is 0.850 bits per heavy atom. The SMILES string of the molecule is COCCC1(Oc2ccc(Oc3ccc(-c4nc(-c5ccc(C#N)cc5)co4)cc3)cc2)C(=O)NC(=O)NC1=O. The van der Waals surface area contributed by atoms with Crippen LogP contribution in [0.5, 0.6) is 17.2 Å². The minimum atomic E-state index is -1.96. The van der Waals surface area contributed by atoms with Gasteiger partial charge in [-0.2, -0.15) is 5.26 Å². The third-order valence-electron chi connectivity index (χ3n) is 6.11. The normalized spacial score (nSPS) is 14.2. The van der Waals surface area contributed by atoms with E-state index in [-0.39, 0.29) is 18.8 Å². The zero-order valence-electron chi connectivity index (χ0n) is 21.2. The number of carbonyl (C=O) groups excluding carboxylic acids is 3. The minimum absolute atomic E-state index is 0.0521. The molecule has 0 aliphatic carbocycles. The highest BCUT2D eigenvalue weighted by atomic mass is 16.5. The Hall–Kier alpha value is -5.47. The number of amides is 4. The maximum atomic E-state index is 12.6. The number of imide groups is 2. The minimum Gasteiger partial charge on any atom is -0.467 e. The maximum absolute atomic E-state index is 12.6. The van der Waals surface area contributed by atoms with Crippen molar-refractivity contribution >= 4 is 17.8 Å². The van der Waals surface area contributed by atoms with Gasteiger partial charge < -0.3 is 18.6 Å². The van der Waals surface area contributed by atoms with Crippen molar-refractivity contribution in [3.05, 3.63) is 84.6 Å². The van der Waals surface area contributed by atoms with E-state index in [0.29, 0.717) is 28.6 Å². The number of hydrogen-bond acceptors (Lipinski definition) is 9. The lowest BCUT2D eigenvalue weighted by molar-refractivity contribution is -0.153. The molecule has 40 heavy (non-hydrogen) atoms. The standard InChI is InChI=1S/C29H22N4O7/c1-37-15-14-29(26(34)32-28(36)33-27(29)35)40-23-12-10-22(11-13-23)39-21-8-6-20(7-9-21)25-31-24(17-38-25)19-4-2-18(16-30)3-5-19/h2-13,17H,14-15H2,1H3,(H2,32,33,34,35,36). The first-order valence-electron chi connectivity index (χ1n) is 12.1. The number of urea groups is 1. The van der Waals surface area contributed by atoms with Gasteiger partial charge in [-0.1, -0.05) is 12.1 Å². The number of carbonyl (C=O) groups is 3. The van der Waals surface area contributed by atoms with Gasteiger partial charge in [0.2, 0.25) is 5.89 Å². The molecule has 0 atom stereocenters. The monoisotopic (exact) mass is 538 g/mol. The van der Waals surface area contributed by atoms with Crippen molar-refractivity contribution in [3.8, 4) is 46.0 Å². The molecule has 4 amide bonds. The van der Waals surface area contributed by atoms with Gasteiger partial charge in [0.1, 0.15) is 29.2 Å². The number of methoxy groups -OCH3 is 1. The second kappa shape index (κ2) is 11.1. The molecule has 4 aromatic rings. The van der Waals surface area contributed by atoms with Gasteiger partial charge in [0.05, 0.1) is 18.2 Å². The Morgan fingerprint density at radius 2 is 1.43 bits per heavy atom. The lowest BCUT2D eigenvalue weighted by atomic mass is 9.95. The van der Waals surface area contributed by atoms with E-state index in [4.69, 9.17) is 23.9 Å². The van der Waals surface area contributed by atoms with Crippen molar-refractivity contribution in [2.45, 2.75) is 12.0 Å². The molecule has 0 radical (unpaired) electrons. The van der Waals surface area contributed by atoms with E-state index in [0.717, 1.165) is 11.1 Å². The summed E-state index contributed by atoms with van der Waals surface area (Å²) in [6, 6.07) is 21.7. The van der Waals surface area contributed by atoms with E-state index in [1.54, 1.807) is 54.8 Å². The van der Waals surface area contributed by atoms with Gasteiger partial charge in [-0.05, 0) is 60.7 Å². The molecule has 2 N–H and O–H groups in total. The third-order valence-corrected chi connectivity index (χ3v) is 6.11. The van der Waals surface area contributed by atoms with E-state index in [2.05, 4.69) is 21.7 Å². The first kappa shape index (κ1) is 26.1. The van der Waals surface area contributed by atoms with Crippen LogP contribution in [0.2, 0.25) is 0 Å². The molecule has 1 aliphatic rings. The topological polar surface area (TPSA) is 153 Å². The van der Waals surface area contributed by atoms with Crippen LogP contribution in [0.15, 0.2) is 83.5 Å². The van der Waals surface area contributed by atoms with Crippen LogP contribution in [-0.4, -0.2) is 42.1 Å². The molecule has 11 nitrogen and oxygen atoms in total. The molecule has 3 aromatic carbocycles. The van der Waals surface area contributed by atoms with Crippen molar-refractivity contribution in [1.29, 1.82) is 5.26 Å². The molecule has 1 aromatic heterocycles. The molecule has 1 fully saturated rings. The van der Waals surface area contributed by atoms with Crippen LogP contribution in [-0.2, 0) is 14.3 Å². The van der Waals surface area contributed by atoms with Crippen molar-refractivity contribution in [2.24, 2.45) is 0 Å². The van der Waals surface area contributed by atoms with E-state index in [1.807, 2.05) is 24.3 Å². The van der Waals surface area contributed by atoms with Gasteiger partial charge in [0.15, 0.2) is 0 Å². The summed E-state index contributed by atoms with van der Waals surface area (Å²) in [4.78, 5) is 41.2. The Morgan fingerprint density at radius 3 is 2.02 bits per heavy atom. The van der Waals surface area contributed by atoms with Crippen molar-refractivity contribution < 1.29 is 33.0 Å². The molecule has 0 saturated carbocycles. The molecule has 5 rings (SSSR count). The van der Waals surface area contributed by atoms with Crippen molar-refractivity contribution in [2.75, 3.05) is 13.7 Å². The summed E-state index contributed by atoms with van der Waals surface area (Å²) < 4.78 is 22.3. The Kier molecular flexibility index (Phi) is 7.26. The van der Waals surface area contributed by atoms with Crippen LogP contribution in [0.1, 0.15) is 12.0 Å². The van der Waals surface area contributed by atoms with E-state index < -0.39 is 23.4 Å². The van der Waals surface area contributed by atoms with Crippen LogP contribution in [0.4, 0.5) is 4.79 Å². The third kappa shape index (κ3) is 5.38. The summed E-state index contributed by atoms with van der Waals surface area (Å²) in [5.41, 5.74) is 0.852. The zero-order chi connectivity index (χ0) is 28.1. The number of nitriles is 1. The number of nitrogens with one attached hydrogen (secondary N) is 2. The molecular formula is C29H22N4O7. The summed E-state index contributed by atoms with van der Waals surface area (Å²) in [7, 11) is 1.43. The molecule has 0 bridgehead atoms. The van der Waals surface area contributed by atoms with Crippen LogP contribution in [0.25, 0.3) is 22.7 Å². The zero-order valence-corrected chi connectivity index (χ0v) is 21.2. The number of hydrogen-bond donors (Lipinski definition) is 2. The molecule has 11 heteroatoms. The van der Waals surface area contributed by atoms with Gasteiger partial charge in [-0.25, -0.2) is 9.78 Å². The van der Waals surface area contributed by atoms with Gasteiger partial charge in [-0.15, -0.1) is 0 Å². The van der Waals surface area contributed by atoms with E-state index in [9.17, 15) is 14.4 Å². The lowest BCUT2D eigenvalue weighted by Crippen LogP contribution is -2.69. The van der Waals surface area contributed by atoms with Crippen LogP contribution >= 0.6 is 0 Å². The Bertz CT molecular complexity index is 1570. The lowest BCUT2D eigenvalue weighted by Gasteiger charge is -2.34. The smallest absolute Gasteiger partial charge is 0.328 e. The predicted octanol–water partition coefficient (Wildman–Crippen LogP) is 4.19. The molecule has 1 saturated heterocycles. The highest BCUT2D eigenvalue weighted by molar-refractivity contribution is 6.21. The van der Waals surface area contributed by atoms with Crippen LogP contribution < -0.4 is 20.1 Å². The molecule has 0 unspecified atom stereocenters. The number of aromatic nitrogens is 1. The van der Waals surface area contributed by atoms with Crippen molar-refractivity contribution in [3.63, 3.8) is 0 Å². The second-order valence-electron chi connectivity index (χ2n) is 8.73. The fraction of sp³-hybridized carbons (Fsp3) is 0.138. The Labute approximate surface area is 228 Å². The summed E-state index contributed by atoms with van der Waals surface area (Å²) >= 11 is 0. The summed E-state index contributed by atoms with van der Waals surface area (Å²) in [6.07, 6.45) is 1.46. The van der Waals surface area contributed by atoms with Gasteiger partial charge in [-0.3, -0.25) is 20.2 Å². The number of rotatable bonds is 9.